The molecular formula is C15H20N4O2S2. The van der Waals surface area contributed by atoms with Gasteiger partial charge in [0.25, 0.3) is 0 Å². The van der Waals surface area contributed by atoms with E-state index in [0.717, 1.165) is 21.9 Å². The third-order valence-electron chi connectivity index (χ3n) is 3.28. The maximum atomic E-state index is 11.9. The van der Waals surface area contributed by atoms with Gasteiger partial charge in [0.2, 0.25) is 0 Å². The van der Waals surface area contributed by atoms with Crippen LogP contribution in [0.25, 0.3) is 0 Å². The number of thiophene rings is 1. The SMILES string of the molecule is CCc1cc(C(=O)OC)c(NC(=S)N(C)Cc2cnn(C)c2)s1. The Bertz CT molecular complexity index is 708. The largest absolute Gasteiger partial charge is 0.465 e. The first-order valence-electron chi connectivity index (χ1n) is 7.15. The highest BCUT2D eigenvalue weighted by Gasteiger charge is 2.18. The number of nitrogens with zero attached hydrogens (tertiary/aromatic N) is 3. The Hall–Kier alpha value is -1.93. The van der Waals surface area contributed by atoms with Crippen molar-refractivity contribution < 1.29 is 9.53 Å². The van der Waals surface area contributed by atoms with Crippen LogP contribution in [0.1, 0.15) is 27.7 Å². The van der Waals surface area contributed by atoms with Crippen LogP contribution >= 0.6 is 23.6 Å². The molecule has 2 heterocycles. The van der Waals surface area contributed by atoms with Crippen LogP contribution < -0.4 is 5.32 Å². The van der Waals surface area contributed by atoms with Gasteiger partial charge in [-0.25, -0.2) is 4.79 Å². The molecule has 0 saturated carbocycles. The van der Waals surface area contributed by atoms with Crippen molar-refractivity contribution in [2.24, 2.45) is 7.05 Å². The molecule has 0 aromatic carbocycles. The number of carbonyl (C=O) groups excluding carboxylic acids is 1. The molecular weight excluding hydrogens is 332 g/mol. The predicted molar refractivity (Wildman–Crippen MR) is 95.9 cm³/mol. The number of nitrogens with one attached hydrogen (secondary N) is 1. The van der Waals surface area contributed by atoms with E-state index >= 15 is 0 Å². The van der Waals surface area contributed by atoms with Crippen LogP contribution in [-0.2, 0) is 24.8 Å². The predicted octanol–water partition coefficient (Wildman–Crippen LogP) is 2.66. The highest BCUT2D eigenvalue weighted by atomic mass is 32.1. The molecule has 0 bridgehead atoms. The zero-order valence-electron chi connectivity index (χ0n) is 13.6. The van der Waals surface area contributed by atoms with Crippen molar-refractivity contribution in [3.05, 3.63) is 34.5 Å². The molecule has 0 atom stereocenters. The summed E-state index contributed by atoms with van der Waals surface area (Å²) in [6.07, 6.45) is 4.60. The topological polar surface area (TPSA) is 59.4 Å². The van der Waals surface area contributed by atoms with Gasteiger partial charge in [-0.15, -0.1) is 11.3 Å². The molecule has 2 aromatic heterocycles. The zero-order valence-corrected chi connectivity index (χ0v) is 15.3. The van der Waals surface area contributed by atoms with E-state index in [4.69, 9.17) is 17.0 Å². The van der Waals surface area contributed by atoms with Crippen molar-refractivity contribution in [2.45, 2.75) is 19.9 Å². The van der Waals surface area contributed by atoms with E-state index in [2.05, 4.69) is 10.4 Å². The lowest BCUT2D eigenvalue weighted by Gasteiger charge is -2.20. The van der Waals surface area contributed by atoms with Crippen LogP contribution in [0.5, 0.6) is 0 Å². The minimum absolute atomic E-state index is 0.360. The monoisotopic (exact) mass is 352 g/mol. The number of esters is 1. The van der Waals surface area contributed by atoms with E-state index in [9.17, 15) is 4.79 Å². The second-order valence-electron chi connectivity index (χ2n) is 5.11. The summed E-state index contributed by atoms with van der Waals surface area (Å²) < 4.78 is 6.59. The normalized spacial score (nSPS) is 10.4. The van der Waals surface area contributed by atoms with Crippen LogP contribution in [0.2, 0.25) is 0 Å². The second kappa shape index (κ2) is 7.56. The lowest BCUT2D eigenvalue weighted by molar-refractivity contribution is 0.0602. The standard InChI is InChI=1S/C15H20N4O2S2/c1-5-11-6-12(14(20)21-4)13(23-11)17-15(22)18(2)8-10-7-16-19(3)9-10/h6-7,9H,5,8H2,1-4H3,(H,17,22). The Morgan fingerprint density at radius 3 is 2.87 bits per heavy atom. The van der Waals surface area contributed by atoms with Crippen molar-refractivity contribution in [3.8, 4) is 0 Å². The first-order valence-corrected chi connectivity index (χ1v) is 8.37. The van der Waals surface area contributed by atoms with Gasteiger partial charge >= 0.3 is 5.97 Å². The van der Waals surface area contributed by atoms with Crippen LogP contribution in [0.4, 0.5) is 5.00 Å². The molecule has 0 saturated heterocycles. The number of thiocarbonyl (C=S) groups is 1. The van der Waals surface area contributed by atoms with E-state index < -0.39 is 0 Å². The highest BCUT2D eigenvalue weighted by Crippen LogP contribution is 2.29. The number of hydrogen-bond donors (Lipinski definition) is 1. The Labute approximate surface area is 145 Å². The van der Waals surface area contributed by atoms with Gasteiger partial charge in [-0.1, -0.05) is 6.92 Å². The summed E-state index contributed by atoms with van der Waals surface area (Å²) in [5.41, 5.74) is 1.58. The molecule has 0 aliphatic heterocycles. The lowest BCUT2D eigenvalue weighted by atomic mass is 10.2. The number of carbonyl (C=O) groups is 1. The summed E-state index contributed by atoms with van der Waals surface area (Å²) in [6, 6.07) is 1.85. The number of anilines is 1. The second-order valence-corrected chi connectivity index (χ2v) is 6.63. The summed E-state index contributed by atoms with van der Waals surface area (Å²) in [5, 5.41) is 8.56. The van der Waals surface area contributed by atoms with Gasteiger partial charge in [0, 0.05) is 37.3 Å². The zero-order chi connectivity index (χ0) is 17.0. The molecule has 0 aliphatic carbocycles. The molecule has 2 rings (SSSR count). The minimum atomic E-state index is -0.360. The Morgan fingerprint density at radius 2 is 2.30 bits per heavy atom. The third kappa shape index (κ3) is 4.29. The van der Waals surface area contributed by atoms with Gasteiger partial charge in [0.05, 0.1) is 18.9 Å². The van der Waals surface area contributed by atoms with E-state index in [-0.39, 0.29) is 5.97 Å². The van der Waals surface area contributed by atoms with Crippen LogP contribution in [0, 0.1) is 0 Å². The maximum Gasteiger partial charge on any atom is 0.340 e. The third-order valence-corrected chi connectivity index (χ3v) is 4.89. The van der Waals surface area contributed by atoms with Crippen molar-refractivity contribution in [2.75, 3.05) is 19.5 Å². The summed E-state index contributed by atoms with van der Waals surface area (Å²) in [4.78, 5) is 14.9. The fourth-order valence-electron chi connectivity index (χ4n) is 2.06. The molecule has 2 aromatic rings. The number of hydrogen-bond acceptors (Lipinski definition) is 5. The van der Waals surface area contributed by atoms with E-state index in [1.807, 2.05) is 38.2 Å². The van der Waals surface area contributed by atoms with Crippen molar-refractivity contribution >= 4 is 39.6 Å². The number of methoxy groups -OCH3 is 1. The van der Waals surface area contributed by atoms with Gasteiger partial charge in [0.15, 0.2) is 5.11 Å². The van der Waals surface area contributed by atoms with Gasteiger partial charge in [-0.05, 0) is 24.7 Å². The first-order chi connectivity index (χ1) is 10.9. The highest BCUT2D eigenvalue weighted by molar-refractivity contribution is 7.80. The van der Waals surface area contributed by atoms with E-state index in [1.165, 1.54) is 18.4 Å². The first kappa shape index (κ1) is 17.4. The maximum absolute atomic E-state index is 11.9. The fourth-order valence-corrected chi connectivity index (χ4v) is 3.28. The molecule has 23 heavy (non-hydrogen) atoms. The molecule has 0 amide bonds. The Kier molecular flexibility index (Phi) is 5.73. The van der Waals surface area contributed by atoms with Gasteiger partial charge in [0.1, 0.15) is 5.00 Å². The van der Waals surface area contributed by atoms with Crippen LogP contribution in [0.3, 0.4) is 0 Å². The summed E-state index contributed by atoms with van der Waals surface area (Å²) in [5.74, 6) is -0.360. The molecule has 124 valence electrons. The smallest absolute Gasteiger partial charge is 0.340 e. The van der Waals surface area contributed by atoms with Crippen molar-refractivity contribution in [1.82, 2.24) is 14.7 Å². The van der Waals surface area contributed by atoms with Gasteiger partial charge in [-0.2, -0.15) is 5.10 Å². The van der Waals surface area contributed by atoms with Crippen molar-refractivity contribution in [1.29, 1.82) is 0 Å². The van der Waals surface area contributed by atoms with E-state index in [0.29, 0.717) is 17.2 Å². The lowest BCUT2D eigenvalue weighted by Crippen LogP contribution is -2.30. The molecule has 0 radical (unpaired) electrons. The number of ether oxygens (including phenoxy) is 1. The Balaban J connectivity index is 2.09. The Morgan fingerprint density at radius 1 is 1.57 bits per heavy atom. The summed E-state index contributed by atoms with van der Waals surface area (Å²) in [7, 11) is 5.15. The summed E-state index contributed by atoms with van der Waals surface area (Å²) >= 11 is 6.95. The molecule has 1 N–H and O–H groups in total. The number of rotatable bonds is 5. The average molecular weight is 352 g/mol. The molecule has 0 unspecified atom stereocenters. The molecule has 0 aliphatic rings. The van der Waals surface area contributed by atoms with Crippen LogP contribution in [0.15, 0.2) is 18.5 Å². The quantitative estimate of drug-likeness (QED) is 0.659. The molecule has 0 spiro atoms. The number of aryl methyl sites for hydroxylation is 2. The van der Waals surface area contributed by atoms with Gasteiger partial charge < -0.3 is 15.0 Å². The van der Waals surface area contributed by atoms with Gasteiger partial charge in [-0.3, -0.25) is 4.68 Å². The fraction of sp³-hybridized carbons (Fsp3) is 0.400. The molecule has 0 fully saturated rings. The molecule has 6 nitrogen and oxygen atoms in total. The van der Waals surface area contributed by atoms with Crippen LogP contribution in [-0.4, -0.2) is 39.9 Å². The van der Waals surface area contributed by atoms with Crippen molar-refractivity contribution in [3.63, 3.8) is 0 Å². The summed E-state index contributed by atoms with van der Waals surface area (Å²) in [6.45, 7) is 2.68. The number of aromatic nitrogens is 2. The molecule has 8 heteroatoms. The average Bonchev–Trinajstić information content (AvgIpc) is 3.12. The van der Waals surface area contributed by atoms with E-state index in [1.54, 1.807) is 10.9 Å². The minimum Gasteiger partial charge on any atom is -0.465 e.